The van der Waals surface area contributed by atoms with E-state index < -0.39 is 0 Å². The molecule has 2 atom stereocenters. The molecule has 2 nitrogen and oxygen atoms in total. The summed E-state index contributed by atoms with van der Waals surface area (Å²) in [6.07, 6.45) is 0. The maximum Gasteiger partial charge on any atom is 0.179 e. The number of carbonyl (C=O) groups excluding carboxylic acids is 1. The molecule has 3 heteroatoms. The Morgan fingerprint density at radius 1 is 1.00 bits per heavy atom. The van der Waals surface area contributed by atoms with Gasteiger partial charge in [-0.1, -0.05) is 48.5 Å². The molecule has 0 saturated heterocycles. The van der Waals surface area contributed by atoms with Crippen LogP contribution in [-0.2, 0) is 0 Å². The minimum absolute atomic E-state index is 0.145. The second kappa shape index (κ2) is 4.59. The van der Waals surface area contributed by atoms with Gasteiger partial charge in [0.05, 0.1) is 5.25 Å². The maximum atomic E-state index is 12.3. The van der Waals surface area contributed by atoms with Gasteiger partial charge in [0.2, 0.25) is 0 Å². The fourth-order valence-corrected chi connectivity index (χ4v) is 3.47. The summed E-state index contributed by atoms with van der Waals surface area (Å²) in [4.78, 5) is 13.4. The van der Waals surface area contributed by atoms with Crippen LogP contribution in [0.3, 0.4) is 0 Å². The number of hydrogen-bond acceptors (Lipinski definition) is 3. The zero-order valence-corrected chi connectivity index (χ0v) is 10.6. The Balaban J connectivity index is 1.91. The summed E-state index contributed by atoms with van der Waals surface area (Å²) in [5.74, 6) is 0.145. The second-order valence-corrected chi connectivity index (χ2v) is 5.52. The van der Waals surface area contributed by atoms with E-state index in [1.165, 1.54) is 0 Å². The van der Waals surface area contributed by atoms with E-state index in [0.717, 1.165) is 16.0 Å². The quantitative estimate of drug-likeness (QED) is 0.897. The summed E-state index contributed by atoms with van der Waals surface area (Å²) in [6.45, 7) is 0. The highest BCUT2D eigenvalue weighted by Crippen LogP contribution is 2.41. The molecule has 2 unspecified atom stereocenters. The third-order valence-corrected chi connectivity index (χ3v) is 4.55. The third-order valence-electron chi connectivity index (χ3n) is 3.18. The first kappa shape index (κ1) is 11.5. The van der Waals surface area contributed by atoms with E-state index in [4.69, 9.17) is 5.73 Å². The Morgan fingerprint density at radius 2 is 1.67 bits per heavy atom. The Labute approximate surface area is 110 Å². The van der Waals surface area contributed by atoms with Crippen LogP contribution in [0.2, 0.25) is 0 Å². The van der Waals surface area contributed by atoms with Gasteiger partial charge in [-0.3, -0.25) is 4.79 Å². The van der Waals surface area contributed by atoms with Gasteiger partial charge >= 0.3 is 0 Å². The van der Waals surface area contributed by atoms with Gasteiger partial charge in [0.1, 0.15) is 0 Å². The van der Waals surface area contributed by atoms with Crippen LogP contribution in [-0.4, -0.2) is 11.0 Å². The standard InChI is InChI=1S/C15H13NOS/c16-13(10-6-2-1-3-7-10)15-14(17)11-8-4-5-9-12(11)18-15/h1-9,13,15H,16H2. The molecule has 1 aliphatic rings. The number of Topliss-reactive ketones (excluding diaryl/α,β-unsaturated/α-hetero) is 1. The molecular weight excluding hydrogens is 242 g/mol. The van der Waals surface area contributed by atoms with Crippen molar-refractivity contribution >= 4 is 17.5 Å². The number of benzene rings is 2. The van der Waals surface area contributed by atoms with Gasteiger partial charge in [-0.2, -0.15) is 0 Å². The SMILES string of the molecule is NC(c1ccccc1)C1Sc2ccccc2C1=O. The number of rotatable bonds is 2. The number of carbonyl (C=O) groups is 1. The lowest BCUT2D eigenvalue weighted by atomic mass is 9.98. The molecule has 3 rings (SSSR count). The van der Waals surface area contributed by atoms with Crippen LogP contribution in [0.15, 0.2) is 59.5 Å². The molecule has 0 aliphatic carbocycles. The molecule has 0 bridgehead atoms. The molecular formula is C15H13NOS. The van der Waals surface area contributed by atoms with Crippen LogP contribution in [0.1, 0.15) is 22.0 Å². The largest absolute Gasteiger partial charge is 0.323 e. The summed E-state index contributed by atoms with van der Waals surface area (Å²) >= 11 is 1.57. The molecule has 18 heavy (non-hydrogen) atoms. The lowest BCUT2D eigenvalue weighted by Gasteiger charge is -2.17. The van der Waals surface area contributed by atoms with Crippen LogP contribution in [0.5, 0.6) is 0 Å². The third kappa shape index (κ3) is 1.85. The monoisotopic (exact) mass is 255 g/mol. The van der Waals surface area contributed by atoms with Crippen molar-refractivity contribution in [1.29, 1.82) is 0 Å². The van der Waals surface area contributed by atoms with Crippen molar-refractivity contribution in [2.24, 2.45) is 5.73 Å². The maximum absolute atomic E-state index is 12.3. The van der Waals surface area contributed by atoms with Gasteiger partial charge in [-0.25, -0.2) is 0 Å². The minimum Gasteiger partial charge on any atom is -0.323 e. The van der Waals surface area contributed by atoms with Gasteiger partial charge in [0.15, 0.2) is 5.78 Å². The van der Waals surface area contributed by atoms with Crippen molar-refractivity contribution in [2.45, 2.75) is 16.2 Å². The molecule has 2 aromatic rings. The van der Waals surface area contributed by atoms with Crippen molar-refractivity contribution in [3.05, 3.63) is 65.7 Å². The van der Waals surface area contributed by atoms with Crippen molar-refractivity contribution in [3.63, 3.8) is 0 Å². The van der Waals surface area contributed by atoms with Crippen LogP contribution >= 0.6 is 11.8 Å². The highest BCUT2D eigenvalue weighted by Gasteiger charge is 2.35. The predicted octanol–water partition coefficient (Wildman–Crippen LogP) is 3.04. The van der Waals surface area contributed by atoms with Gasteiger partial charge in [-0.15, -0.1) is 11.8 Å². The first-order chi connectivity index (χ1) is 8.77. The molecule has 0 fully saturated rings. The van der Waals surface area contributed by atoms with Crippen LogP contribution < -0.4 is 5.73 Å². The molecule has 1 heterocycles. The number of ketones is 1. The van der Waals surface area contributed by atoms with Crippen LogP contribution in [0.25, 0.3) is 0 Å². The molecule has 90 valence electrons. The smallest absolute Gasteiger partial charge is 0.179 e. The fraction of sp³-hybridized carbons (Fsp3) is 0.133. The molecule has 0 saturated carbocycles. The molecule has 2 aromatic carbocycles. The van der Waals surface area contributed by atoms with Gasteiger partial charge < -0.3 is 5.73 Å². The van der Waals surface area contributed by atoms with Crippen molar-refractivity contribution in [3.8, 4) is 0 Å². The van der Waals surface area contributed by atoms with E-state index in [0.29, 0.717) is 0 Å². The molecule has 0 aromatic heterocycles. The summed E-state index contributed by atoms with van der Waals surface area (Å²) < 4.78 is 0. The van der Waals surface area contributed by atoms with E-state index in [-0.39, 0.29) is 17.1 Å². The van der Waals surface area contributed by atoms with Gasteiger partial charge in [0.25, 0.3) is 0 Å². The highest BCUT2D eigenvalue weighted by molar-refractivity contribution is 8.01. The average molecular weight is 255 g/mol. The topological polar surface area (TPSA) is 43.1 Å². The molecule has 2 N–H and O–H groups in total. The van der Waals surface area contributed by atoms with Crippen LogP contribution in [0.4, 0.5) is 0 Å². The first-order valence-electron chi connectivity index (χ1n) is 5.88. The van der Waals surface area contributed by atoms with Crippen molar-refractivity contribution in [2.75, 3.05) is 0 Å². The summed E-state index contributed by atoms with van der Waals surface area (Å²) in [5, 5.41) is -0.204. The molecule has 0 radical (unpaired) electrons. The highest BCUT2D eigenvalue weighted by atomic mass is 32.2. The zero-order chi connectivity index (χ0) is 12.5. The van der Waals surface area contributed by atoms with E-state index in [2.05, 4.69) is 0 Å². The lowest BCUT2D eigenvalue weighted by molar-refractivity contribution is 0.0984. The Morgan fingerprint density at radius 3 is 2.39 bits per heavy atom. The van der Waals surface area contributed by atoms with E-state index in [9.17, 15) is 4.79 Å². The summed E-state index contributed by atoms with van der Waals surface area (Å²) in [7, 11) is 0. The second-order valence-electron chi connectivity index (χ2n) is 4.34. The summed E-state index contributed by atoms with van der Waals surface area (Å²) in [6, 6.07) is 17.3. The zero-order valence-electron chi connectivity index (χ0n) is 9.74. The normalized spacial score (nSPS) is 19.6. The Bertz CT molecular complexity index is 582. The molecule has 0 spiro atoms. The number of fused-ring (bicyclic) bond motifs is 1. The Kier molecular flexibility index (Phi) is 2.94. The average Bonchev–Trinajstić information content (AvgIpc) is 2.77. The number of hydrogen-bond donors (Lipinski definition) is 1. The van der Waals surface area contributed by atoms with Crippen LogP contribution in [0, 0.1) is 0 Å². The first-order valence-corrected chi connectivity index (χ1v) is 6.76. The van der Waals surface area contributed by atoms with Crippen molar-refractivity contribution in [1.82, 2.24) is 0 Å². The van der Waals surface area contributed by atoms with Crippen molar-refractivity contribution < 1.29 is 4.79 Å². The summed E-state index contributed by atoms with van der Waals surface area (Å²) in [5.41, 5.74) is 8.04. The number of nitrogens with two attached hydrogens (primary N) is 1. The van der Waals surface area contributed by atoms with E-state index in [1.54, 1.807) is 11.8 Å². The van der Waals surface area contributed by atoms with Gasteiger partial charge in [-0.05, 0) is 11.6 Å². The van der Waals surface area contributed by atoms with E-state index >= 15 is 0 Å². The number of thioether (sulfide) groups is 1. The molecule has 1 aliphatic heterocycles. The molecule has 0 amide bonds. The minimum atomic E-state index is -0.254. The Hall–Kier alpha value is -1.58. The van der Waals surface area contributed by atoms with E-state index in [1.807, 2.05) is 54.6 Å². The fourth-order valence-electron chi connectivity index (χ4n) is 2.20. The lowest BCUT2D eigenvalue weighted by Crippen LogP contribution is -2.27. The predicted molar refractivity (Wildman–Crippen MR) is 73.8 cm³/mol. The van der Waals surface area contributed by atoms with Gasteiger partial charge in [0, 0.05) is 16.5 Å².